The third kappa shape index (κ3) is 2.33. The number of rotatable bonds is 3. The first-order valence-corrected chi connectivity index (χ1v) is 8.36. The Morgan fingerprint density at radius 1 is 1.24 bits per heavy atom. The van der Waals surface area contributed by atoms with Gasteiger partial charge in [-0.2, -0.15) is 0 Å². The van der Waals surface area contributed by atoms with Crippen molar-refractivity contribution in [1.82, 2.24) is 9.88 Å². The van der Waals surface area contributed by atoms with Gasteiger partial charge in [0, 0.05) is 31.3 Å². The van der Waals surface area contributed by atoms with Crippen molar-refractivity contribution in [3.63, 3.8) is 0 Å². The minimum Gasteiger partial charge on any atom is -0.505 e. The maximum Gasteiger partial charge on any atom is 0.276 e. The summed E-state index contributed by atoms with van der Waals surface area (Å²) < 4.78 is 0. The fourth-order valence-corrected chi connectivity index (χ4v) is 4.43. The van der Waals surface area contributed by atoms with Crippen LogP contribution in [-0.2, 0) is 0 Å². The molecule has 2 fully saturated rings. The molecule has 1 aromatic heterocycles. The first-order valence-electron chi connectivity index (χ1n) is 8.36. The Kier molecular flexibility index (Phi) is 3.74. The Bertz CT molecular complexity index is 797. The van der Waals surface area contributed by atoms with E-state index in [4.69, 9.17) is 0 Å². The molecule has 0 bridgehead atoms. The second-order valence-corrected chi connectivity index (χ2v) is 6.86. The zero-order valence-electron chi connectivity index (χ0n) is 13.6. The third-order valence-corrected chi connectivity index (χ3v) is 5.67. The summed E-state index contributed by atoms with van der Waals surface area (Å²) in [5.41, 5.74) is 0.524. The number of likely N-dealkylation sites (tertiary alicyclic amines) is 1. The summed E-state index contributed by atoms with van der Waals surface area (Å²) in [6.07, 6.45) is 0.736. The van der Waals surface area contributed by atoms with E-state index < -0.39 is 17.4 Å². The maximum absolute atomic E-state index is 12.7. The first kappa shape index (κ1) is 16.1. The van der Waals surface area contributed by atoms with E-state index >= 15 is 0 Å². The highest BCUT2D eigenvalue weighted by molar-refractivity contribution is 5.95. The van der Waals surface area contributed by atoms with Crippen LogP contribution in [0.2, 0.25) is 0 Å². The number of β-amino-alcohol motifs (C(OH)–C–C–N with tert-alkyl or cyclic N) is 1. The van der Waals surface area contributed by atoms with Gasteiger partial charge in [-0.25, -0.2) is 4.98 Å². The van der Waals surface area contributed by atoms with Crippen LogP contribution in [0.4, 0.5) is 0 Å². The van der Waals surface area contributed by atoms with Crippen molar-refractivity contribution in [3.05, 3.63) is 59.9 Å². The van der Waals surface area contributed by atoms with Gasteiger partial charge in [0.25, 0.3) is 5.91 Å². The Balaban J connectivity index is 1.61. The Hall–Kier alpha value is -2.44. The highest BCUT2D eigenvalue weighted by Crippen LogP contribution is 2.68. The molecule has 1 aliphatic heterocycles. The topological polar surface area (TPSA) is 93.9 Å². The van der Waals surface area contributed by atoms with Gasteiger partial charge in [0.2, 0.25) is 0 Å². The molecule has 130 valence electrons. The van der Waals surface area contributed by atoms with Crippen molar-refractivity contribution in [2.24, 2.45) is 11.3 Å². The van der Waals surface area contributed by atoms with Crippen molar-refractivity contribution in [1.29, 1.82) is 0 Å². The lowest BCUT2D eigenvalue weighted by Crippen LogP contribution is -2.30. The van der Waals surface area contributed by atoms with E-state index in [0.29, 0.717) is 6.54 Å². The number of hydrogen-bond acceptors (Lipinski definition) is 5. The highest BCUT2D eigenvalue weighted by atomic mass is 16.3. The van der Waals surface area contributed by atoms with Gasteiger partial charge in [0.15, 0.2) is 5.69 Å². The number of pyridine rings is 1. The number of benzene rings is 1. The van der Waals surface area contributed by atoms with E-state index in [0.717, 1.165) is 5.56 Å². The number of aromatic nitrogens is 1. The molecule has 0 radical (unpaired) electrons. The fourth-order valence-electron chi connectivity index (χ4n) is 4.43. The van der Waals surface area contributed by atoms with Crippen LogP contribution in [0, 0.1) is 11.3 Å². The van der Waals surface area contributed by atoms with Crippen molar-refractivity contribution in [3.8, 4) is 5.75 Å². The molecule has 1 aliphatic carbocycles. The predicted octanol–water partition coefficient (Wildman–Crippen LogP) is 0.996. The van der Waals surface area contributed by atoms with E-state index in [1.54, 1.807) is 6.07 Å². The second kappa shape index (κ2) is 5.82. The molecule has 2 aliphatic rings. The molecule has 6 nitrogen and oxygen atoms in total. The minimum atomic E-state index is -0.718. The lowest BCUT2D eigenvalue weighted by Gasteiger charge is -2.16. The summed E-state index contributed by atoms with van der Waals surface area (Å²) in [6, 6.07) is 12.8. The van der Waals surface area contributed by atoms with Crippen LogP contribution in [0.1, 0.15) is 22.0 Å². The van der Waals surface area contributed by atoms with Crippen LogP contribution >= 0.6 is 0 Å². The SMILES string of the molecule is O=C(c1ncccc1O)N1C[C@H](O)[C@@]2(C1)[C@H](CO)[C@H]2c1ccccc1. The summed E-state index contributed by atoms with van der Waals surface area (Å²) in [5, 5.41) is 30.4. The highest BCUT2D eigenvalue weighted by Gasteiger charge is 2.71. The average Bonchev–Trinajstić information content (AvgIpc) is 3.17. The van der Waals surface area contributed by atoms with Crippen LogP contribution < -0.4 is 0 Å². The molecule has 1 saturated carbocycles. The molecule has 3 N–H and O–H groups in total. The normalized spacial score (nSPS) is 30.6. The van der Waals surface area contributed by atoms with Crippen molar-refractivity contribution in [2.45, 2.75) is 12.0 Å². The van der Waals surface area contributed by atoms with E-state index in [1.165, 1.54) is 17.2 Å². The van der Waals surface area contributed by atoms with Crippen molar-refractivity contribution >= 4 is 5.91 Å². The van der Waals surface area contributed by atoms with Crippen molar-refractivity contribution < 1.29 is 20.1 Å². The Labute approximate surface area is 145 Å². The lowest BCUT2D eigenvalue weighted by molar-refractivity contribution is 0.0755. The van der Waals surface area contributed by atoms with Gasteiger partial charge in [0.1, 0.15) is 5.75 Å². The number of nitrogens with zero attached hydrogens (tertiary/aromatic N) is 2. The van der Waals surface area contributed by atoms with Crippen LogP contribution in [0.5, 0.6) is 5.75 Å². The van der Waals surface area contributed by atoms with Crippen LogP contribution in [0.25, 0.3) is 0 Å². The van der Waals surface area contributed by atoms with E-state index in [9.17, 15) is 20.1 Å². The van der Waals surface area contributed by atoms with Gasteiger partial charge < -0.3 is 20.2 Å². The predicted molar refractivity (Wildman–Crippen MR) is 90.0 cm³/mol. The van der Waals surface area contributed by atoms with Crippen LogP contribution in [0.15, 0.2) is 48.7 Å². The smallest absolute Gasteiger partial charge is 0.276 e. The number of carbonyl (C=O) groups is 1. The lowest BCUT2D eigenvalue weighted by atomic mass is 9.95. The molecule has 0 unspecified atom stereocenters. The summed E-state index contributed by atoms with van der Waals surface area (Å²) in [6.45, 7) is 0.482. The standard InChI is InChI=1S/C19H20N2O4/c22-10-13-16(12-5-2-1-3-6-12)19(13)11-21(9-15(19)24)18(25)17-14(23)7-4-8-20-17/h1-8,13,15-16,22-24H,9-11H2/t13-,15+,16-,19-/m1/s1. The van der Waals surface area contributed by atoms with Crippen molar-refractivity contribution in [2.75, 3.05) is 19.7 Å². The van der Waals surface area contributed by atoms with Gasteiger partial charge >= 0.3 is 0 Å². The number of aliphatic hydroxyl groups is 2. The molecular formula is C19H20N2O4. The molecule has 1 saturated heterocycles. The van der Waals surface area contributed by atoms with Crippen LogP contribution in [0.3, 0.4) is 0 Å². The first-order chi connectivity index (χ1) is 12.1. The number of carbonyl (C=O) groups excluding carboxylic acids is 1. The van der Waals surface area contributed by atoms with E-state index in [2.05, 4.69) is 4.98 Å². The Morgan fingerprint density at radius 2 is 2.00 bits per heavy atom. The molecule has 2 heterocycles. The zero-order valence-corrected chi connectivity index (χ0v) is 13.6. The molecule has 4 atom stereocenters. The molecule has 2 aromatic rings. The van der Waals surface area contributed by atoms with Crippen LogP contribution in [-0.4, -0.2) is 56.9 Å². The summed E-state index contributed by atoms with van der Waals surface area (Å²) >= 11 is 0. The molecule has 1 aromatic carbocycles. The minimum absolute atomic E-state index is 0.00999. The van der Waals surface area contributed by atoms with Gasteiger partial charge in [-0.15, -0.1) is 0 Å². The number of aliphatic hydroxyl groups excluding tert-OH is 2. The molecule has 4 rings (SSSR count). The number of aromatic hydroxyl groups is 1. The van der Waals surface area contributed by atoms with Gasteiger partial charge in [-0.1, -0.05) is 30.3 Å². The quantitative estimate of drug-likeness (QED) is 0.775. The monoisotopic (exact) mass is 340 g/mol. The molecule has 6 heteroatoms. The Morgan fingerprint density at radius 3 is 2.68 bits per heavy atom. The largest absolute Gasteiger partial charge is 0.505 e. The van der Waals surface area contributed by atoms with Gasteiger partial charge in [-0.05, 0) is 29.5 Å². The molecular weight excluding hydrogens is 320 g/mol. The van der Waals surface area contributed by atoms with E-state index in [-0.39, 0.29) is 36.4 Å². The summed E-state index contributed by atoms with van der Waals surface area (Å²) in [7, 11) is 0. The van der Waals surface area contributed by atoms with E-state index in [1.807, 2.05) is 30.3 Å². The number of hydrogen-bond donors (Lipinski definition) is 3. The average molecular weight is 340 g/mol. The molecule has 1 spiro atoms. The molecule has 1 amide bonds. The van der Waals surface area contributed by atoms with Gasteiger partial charge in [0.05, 0.1) is 6.10 Å². The maximum atomic E-state index is 12.7. The summed E-state index contributed by atoms with van der Waals surface area (Å²) in [5.74, 6) is -0.634. The third-order valence-electron chi connectivity index (χ3n) is 5.67. The fraction of sp³-hybridized carbons (Fsp3) is 0.368. The number of amides is 1. The summed E-state index contributed by atoms with van der Waals surface area (Å²) in [4.78, 5) is 18.2. The second-order valence-electron chi connectivity index (χ2n) is 6.86. The zero-order chi connectivity index (χ0) is 17.6. The molecule has 25 heavy (non-hydrogen) atoms. The van der Waals surface area contributed by atoms with Gasteiger partial charge in [-0.3, -0.25) is 4.79 Å².